The van der Waals surface area contributed by atoms with Crippen LogP contribution in [0.4, 0.5) is 4.39 Å². The third-order valence-electron chi connectivity index (χ3n) is 3.97. The molecule has 5 heteroatoms. The number of carbonyl (C=O) groups excluding carboxylic acids is 1. The van der Waals surface area contributed by atoms with Crippen LogP contribution >= 0.6 is 0 Å². The minimum absolute atomic E-state index is 0.123. The van der Waals surface area contributed by atoms with Crippen molar-refractivity contribution in [3.05, 3.63) is 29.1 Å². The van der Waals surface area contributed by atoms with Crippen molar-refractivity contribution >= 4 is 11.8 Å². The summed E-state index contributed by atoms with van der Waals surface area (Å²) in [6, 6.07) is 2.64. The number of hydrogen-bond donors (Lipinski definition) is 1. The largest absolute Gasteiger partial charge is 0.492 e. The molecule has 1 aliphatic carbocycles. The Labute approximate surface area is 109 Å². The van der Waals surface area contributed by atoms with Gasteiger partial charge < -0.3 is 9.84 Å². The molecule has 0 bridgehead atoms. The molecule has 1 fully saturated rings. The van der Waals surface area contributed by atoms with E-state index in [4.69, 9.17) is 9.84 Å². The van der Waals surface area contributed by atoms with Crippen LogP contribution in [0.1, 0.15) is 35.2 Å². The molecule has 0 unspecified atom stereocenters. The number of benzene rings is 1. The van der Waals surface area contributed by atoms with E-state index in [1.807, 2.05) is 0 Å². The molecule has 1 aromatic carbocycles. The number of carbonyl (C=O) groups is 2. The second-order valence-electron chi connectivity index (χ2n) is 4.98. The first-order valence-corrected chi connectivity index (χ1v) is 6.27. The van der Waals surface area contributed by atoms with E-state index in [1.165, 1.54) is 12.1 Å². The Bertz CT molecular complexity index is 581. The molecule has 1 heterocycles. The summed E-state index contributed by atoms with van der Waals surface area (Å²) in [6.45, 7) is 1.96. The second-order valence-corrected chi connectivity index (χ2v) is 4.98. The Morgan fingerprint density at radius 3 is 2.84 bits per heavy atom. The molecular formula is C14H13FO4. The van der Waals surface area contributed by atoms with Gasteiger partial charge in [-0.3, -0.25) is 9.59 Å². The zero-order valence-corrected chi connectivity index (χ0v) is 10.4. The van der Waals surface area contributed by atoms with Crippen LogP contribution < -0.4 is 4.74 Å². The number of Topliss-reactive ketones (excluding diaryl/α,β-unsaturated/α-hetero) is 1. The number of hydrogen-bond acceptors (Lipinski definition) is 3. The van der Waals surface area contributed by atoms with Gasteiger partial charge in [0.15, 0.2) is 5.78 Å². The van der Waals surface area contributed by atoms with Crippen LogP contribution in [-0.4, -0.2) is 23.5 Å². The van der Waals surface area contributed by atoms with E-state index in [-0.39, 0.29) is 35.5 Å². The third-order valence-corrected chi connectivity index (χ3v) is 3.97. The maximum Gasteiger partial charge on any atom is 0.307 e. The smallest absolute Gasteiger partial charge is 0.307 e. The van der Waals surface area contributed by atoms with Crippen molar-refractivity contribution in [2.75, 3.05) is 6.61 Å². The molecule has 0 amide bonds. The Hall–Kier alpha value is -1.91. The van der Waals surface area contributed by atoms with Gasteiger partial charge in [-0.05, 0) is 12.1 Å². The number of aliphatic carboxylic acids is 1. The van der Waals surface area contributed by atoms with Gasteiger partial charge >= 0.3 is 5.97 Å². The standard InChI is InChI=1S/C14H13FO4/c1-2-9(16)6-3-4-8(15)12-10-7(5-19-13(6)12)11(10)14(17)18/h3-4,7,10-11H,2,5H2,1H3,(H,17,18)/t7-,10+,11-/m1/s1. The van der Waals surface area contributed by atoms with E-state index in [0.717, 1.165) is 0 Å². The molecule has 19 heavy (non-hydrogen) atoms. The molecule has 0 radical (unpaired) electrons. The van der Waals surface area contributed by atoms with Gasteiger partial charge in [0, 0.05) is 23.8 Å². The first-order chi connectivity index (χ1) is 9.06. The van der Waals surface area contributed by atoms with Crippen LogP contribution in [0.15, 0.2) is 12.1 Å². The highest BCUT2D eigenvalue weighted by Crippen LogP contribution is 2.60. The monoisotopic (exact) mass is 264 g/mol. The molecular weight excluding hydrogens is 251 g/mol. The summed E-state index contributed by atoms with van der Waals surface area (Å²) in [5.41, 5.74) is 0.622. The fourth-order valence-corrected chi connectivity index (χ4v) is 2.94. The number of halogens is 1. The summed E-state index contributed by atoms with van der Waals surface area (Å²) in [6.07, 6.45) is 0.303. The molecule has 3 atom stereocenters. The third kappa shape index (κ3) is 1.64. The lowest BCUT2D eigenvalue weighted by molar-refractivity contribution is -0.139. The average Bonchev–Trinajstić information content (AvgIpc) is 3.12. The summed E-state index contributed by atoms with van der Waals surface area (Å²) in [5, 5.41) is 9.08. The predicted octanol–water partition coefficient (Wildman–Crippen LogP) is 2.22. The molecule has 0 spiro atoms. The average molecular weight is 264 g/mol. The van der Waals surface area contributed by atoms with Crippen LogP contribution in [0.3, 0.4) is 0 Å². The molecule has 3 rings (SSSR count). The van der Waals surface area contributed by atoms with Gasteiger partial charge in [0.05, 0.1) is 18.1 Å². The number of rotatable bonds is 3. The number of carboxylic acids is 1. The lowest BCUT2D eigenvalue weighted by atomic mass is 9.97. The molecule has 1 aliphatic heterocycles. The maximum absolute atomic E-state index is 13.9. The van der Waals surface area contributed by atoms with Gasteiger partial charge in [0.2, 0.25) is 0 Å². The Kier molecular flexibility index (Phi) is 2.59. The molecule has 0 saturated heterocycles. The van der Waals surface area contributed by atoms with Crippen LogP contribution in [0.5, 0.6) is 5.75 Å². The molecule has 0 aromatic heterocycles. The first-order valence-electron chi connectivity index (χ1n) is 6.27. The molecule has 4 nitrogen and oxygen atoms in total. The molecule has 2 aliphatic rings. The van der Waals surface area contributed by atoms with E-state index in [2.05, 4.69) is 0 Å². The van der Waals surface area contributed by atoms with E-state index in [9.17, 15) is 14.0 Å². The number of fused-ring (bicyclic) bond motifs is 3. The van der Waals surface area contributed by atoms with Gasteiger partial charge in [0.1, 0.15) is 11.6 Å². The van der Waals surface area contributed by atoms with Crippen LogP contribution in [0, 0.1) is 17.7 Å². The number of ketones is 1. The number of carboxylic acid groups (broad SMARTS) is 1. The van der Waals surface area contributed by atoms with Crippen LogP contribution in [0.25, 0.3) is 0 Å². The minimum atomic E-state index is -0.932. The lowest BCUT2D eigenvalue weighted by Gasteiger charge is -2.19. The highest BCUT2D eigenvalue weighted by atomic mass is 19.1. The van der Waals surface area contributed by atoms with Crippen molar-refractivity contribution in [3.8, 4) is 5.75 Å². The van der Waals surface area contributed by atoms with Crippen molar-refractivity contribution in [2.45, 2.75) is 19.3 Å². The fraction of sp³-hybridized carbons (Fsp3) is 0.429. The molecule has 100 valence electrons. The molecule has 1 saturated carbocycles. The van der Waals surface area contributed by atoms with Gasteiger partial charge in [-0.15, -0.1) is 0 Å². The van der Waals surface area contributed by atoms with Crippen LogP contribution in [0.2, 0.25) is 0 Å². The molecule has 1 N–H and O–H groups in total. The van der Waals surface area contributed by atoms with E-state index >= 15 is 0 Å². The van der Waals surface area contributed by atoms with Crippen molar-refractivity contribution in [1.29, 1.82) is 0 Å². The molecule has 1 aromatic rings. The van der Waals surface area contributed by atoms with E-state index < -0.39 is 17.7 Å². The van der Waals surface area contributed by atoms with Gasteiger partial charge in [-0.2, -0.15) is 0 Å². The number of ether oxygens (including phenoxy) is 1. The Morgan fingerprint density at radius 1 is 1.47 bits per heavy atom. The highest BCUT2D eigenvalue weighted by molar-refractivity contribution is 5.99. The predicted molar refractivity (Wildman–Crippen MR) is 63.9 cm³/mol. The Balaban J connectivity index is 2.10. The van der Waals surface area contributed by atoms with Crippen molar-refractivity contribution < 1.29 is 23.8 Å². The topological polar surface area (TPSA) is 63.6 Å². The van der Waals surface area contributed by atoms with E-state index in [0.29, 0.717) is 12.0 Å². The SMILES string of the molecule is CCC(=O)c1ccc(F)c2c1OC[C@H]1[C@@H](C(=O)O)[C@@H]21. The first kappa shape index (κ1) is 12.1. The zero-order chi connectivity index (χ0) is 13.7. The summed E-state index contributed by atoms with van der Waals surface area (Å²) < 4.78 is 19.4. The maximum atomic E-state index is 13.9. The lowest BCUT2D eigenvalue weighted by Crippen LogP contribution is -2.14. The summed E-state index contributed by atoms with van der Waals surface area (Å²) in [4.78, 5) is 22.9. The summed E-state index contributed by atoms with van der Waals surface area (Å²) in [5.74, 6) is -2.42. The summed E-state index contributed by atoms with van der Waals surface area (Å²) >= 11 is 0. The fourth-order valence-electron chi connectivity index (χ4n) is 2.94. The van der Waals surface area contributed by atoms with Gasteiger partial charge in [-0.1, -0.05) is 6.92 Å². The van der Waals surface area contributed by atoms with E-state index in [1.54, 1.807) is 6.92 Å². The van der Waals surface area contributed by atoms with Crippen molar-refractivity contribution in [2.24, 2.45) is 11.8 Å². The van der Waals surface area contributed by atoms with Gasteiger partial charge in [0.25, 0.3) is 0 Å². The van der Waals surface area contributed by atoms with Crippen molar-refractivity contribution in [1.82, 2.24) is 0 Å². The van der Waals surface area contributed by atoms with Crippen LogP contribution in [-0.2, 0) is 4.79 Å². The quantitative estimate of drug-likeness (QED) is 0.850. The Morgan fingerprint density at radius 2 is 2.21 bits per heavy atom. The second kappa shape index (κ2) is 4.05. The van der Waals surface area contributed by atoms with Gasteiger partial charge in [-0.25, -0.2) is 4.39 Å². The highest BCUT2D eigenvalue weighted by Gasteiger charge is 2.60. The van der Waals surface area contributed by atoms with Crippen molar-refractivity contribution in [3.63, 3.8) is 0 Å². The summed E-state index contributed by atoms with van der Waals surface area (Å²) in [7, 11) is 0. The zero-order valence-electron chi connectivity index (χ0n) is 10.4. The normalized spacial score (nSPS) is 26.9. The minimum Gasteiger partial charge on any atom is -0.492 e.